The van der Waals surface area contributed by atoms with Crippen LogP contribution in [0.2, 0.25) is 0 Å². The molecule has 0 unspecified atom stereocenters. The Morgan fingerprint density at radius 1 is 0.333 bits per heavy atom. The number of hydrogen-bond acceptors (Lipinski definition) is 2. The van der Waals surface area contributed by atoms with Crippen LogP contribution in [-0.2, 0) is 5.41 Å². The van der Waals surface area contributed by atoms with Gasteiger partial charge in [0.2, 0.25) is 0 Å². The van der Waals surface area contributed by atoms with Crippen LogP contribution in [0.3, 0.4) is 0 Å². The SMILES string of the molecule is CC1(C)c2cc(Nc3ccccc3-c3ccc(-c4ccccc4)cc3-c3cccc(-c4ccc5oc6ccccc6c5c4)c3)ccc2-c2ccc(-c3ccc4ccccc4c3)cc21. The topological polar surface area (TPSA) is 25.2 Å². The van der Waals surface area contributed by atoms with Crippen LogP contribution in [0.25, 0.3) is 99.5 Å². The smallest absolute Gasteiger partial charge is 0.135 e. The Balaban J connectivity index is 0.916. The molecule has 0 saturated heterocycles. The number of furan rings is 1. The number of rotatable bonds is 7. The predicted octanol–water partition coefficient (Wildman–Crippen LogP) is 17.1. The van der Waals surface area contributed by atoms with Crippen molar-refractivity contribution < 1.29 is 4.42 Å². The molecule has 0 bridgehead atoms. The highest BCUT2D eigenvalue weighted by Crippen LogP contribution is 2.51. The fourth-order valence-electron chi connectivity index (χ4n) is 9.95. The number of benzene rings is 10. The maximum absolute atomic E-state index is 6.18. The summed E-state index contributed by atoms with van der Waals surface area (Å²) in [5.41, 5.74) is 20.9. The van der Waals surface area contributed by atoms with Gasteiger partial charge in [0.25, 0.3) is 0 Å². The lowest BCUT2D eigenvalue weighted by Crippen LogP contribution is -2.15. The van der Waals surface area contributed by atoms with E-state index in [9.17, 15) is 0 Å². The molecular weight excluding hydrogens is 763 g/mol. The van der Waals surface area contributed by atoms with Crippen molar-refractivity contribution in [3.8, 4) is 66.8 Å². The van der Waals surface area contributed by atoms with Gasteiger partial charge in [-0.3, -0.25) is 0 Å². The first-order chi connectivity index (χ1) is 30.9. The van der Waals surface area contributed by atoms with Crippen molar-refractivity contribution in [2.24, 2.45) is 0 Å². The molecule has 0 aliphatic heterocycles. The molecule has 1 N–H and O–H groups in total. The zero-order chi connectivity index (χ0) is 42.1. The van der Waals surface area contributed by atoms with Crippen LogP contribution < -0.4 is 5.32 Å². The summed E-state index contributed by atoms with van der Waals surface area (Å²) in [6, 6.07) is 79.4. The maximum atomic E-state index is 6.18. The molecule has 0 fully saturated rings. The number of anilines is 2. The third-order valence-corrected chi connectivity index (χ3v) is 13.3. The van der Waals surface area contributed by atoms with Crippen molar-refractivity contribution in [3.63, 3.8) is 0 Å². The average molecular weight is 806 g/mol. The summed E-state index contributed by atoms with van der Waals surface area (Å²) < 4.78 is 6.18. The summed E-state index contributed by atoms with van der Waals surface area (Å²) in [7, 11) is 0. The van der Waals surface area contributed by atoms with E-state index in [4.69, 9.17) is 4.42 Å². The van der Waals surface area contributed by atoms with Gasteiger partial charge in [-0.15, -0.1) is 0 Å². The molecule has 1 heterocycles. The lowest BCUT2D eigenvalue weighted by atomic mass is 9.81. The number of para-hydroxylation sites is 2. The van der Waals surface area contributed by atoms with Crippen LogP contribution >= 0.6 is 0 Å². The molecule has 0 spiro atoms. The molecule has 2 nitrogen and oxygen atoms in total. The third-order valence-electron chi connectivity index (χ3n) is 13.3. The lowest BCUT2D eigenvalue weighted by molar-refractivity contribution is 0.661. The summed E-state index contributed by atoms with van der Waals surface area (Å²) in [6.45, 7) is 4.73. The summed E-state index contributed by atoms with van der Waals surface area (Å²) in [5, 5.41) is 8.69. The minimum absolute atomic E-state index is 0.171. The van der Waals surface area contributed by atoms with Gasteiger partial charge < -0.3 is 9.73 Å². The molecule has 1 aromatic heterocycles. The van der Waals surface area contributed by atoms with Crippen molar-refractivity contribution in [1.29, 1.82) is 0 Å². The van der Waals surface area contributed by atoms with Crippen molar-refractivity contribution in [3.05, 3.63) is 230 Å². The molecule has 12 rings (SSSR count). The Labute approximate surface area is 367 Å². The second-order valence-electron chi connectivity index (χ2n) is 17.4. The van der Waals surface area contributed by atoms with Crippen LogP contribution in [0.1, 0.15) is 25.0 Å². The van der Waals surface area contributed by atoms with E-state index in [0.717, 1.165) is 55.6 Å². The third kappa shape index (κ3) is 6.34. The van der Waals surface area contributed by atoms with Crippen molar-refractivity contribution in [1.82, 2.24) is 0 Å². The van der Waals surface area contributed by atoms with E-state index in [1.807, 2.05) is 12.1 Å². The second kappa shape index (κ2) is 14.6. The molecule has 0 radical (unpaired) electrons. The van der Waals surface area contributed by atoms with Crippen LogP contribution in [0.15, 0.2) is 223 Å². The van der Waals surface area contributed by atoms with Gasteiger partial charge in [0.05, 0.1) is 0 Å². The van der Waals surface area contributed by atoms with Gasteiger partial charge in [0, 0.05) is 33.1 Å². The minimum Gasteiger partial charge on any atom is -0.456 e. The predicted molar refractivity (Wildman–Crippen MR) is 266 cm³/mol. The number of fused-ring (bicyclic) bond motifs is 7. The second-order valence-corrected chi connectivity index (χ2v) is 17.4. The Bertz CT molecular complexity index is 3570. The molecule has 0 saturated carbocycles. The van der Waals surface area contributed by atoms with Crippen LogP contribution in [0, 0.1) is 0 Å². The van der Waals surface area contributed by atoms with E-state index >= 15 is 0 Å². The van der Waals surface area contributed by atoms with Gasteiger partial charge in [-0.25, -0.2) is 0 Å². The highest BCUT2D eigenvalue weighted by atomic mass is 16.3. The van der Waals surface area contributed by atoms with Crippen molar-refractivity contribution in [2.45, 2.75) is 19.3 Å². The lowest BCUT2D eigenvalue weighted by Gasteiger charge is -2.23. The molecule has 1 aliphatic rings. The molecule has 0 atom stereocenters. The standard InChI is InChI=1S/C61H43NO/c1-61(2)56-37-46(43-24-23-40-15-6-7-16-41(40)33-43)26-30-50(56)51-31-28-48(38-57(51)61)62-58-21-10-8-19-52(58)49-29-25-44(39-13-4-3-5-14-39)35-54(49)47-18-12-17-42(34-47)45-27-32-60-55(36-45)53-20-9-11-22-59(53)63-60/h3-38,62H,1-2H3. The summed E-state index contributed by atoms with van der Waals surface area (Å²) in [4.78, 5) is 0. The van der Waals surface area contributed by atoms with Gasteiger partial charge in [-0.05, 0) is 144 Å². The molecule has 63 heavy (non-hydrogen) atoms. The van der Waals surface area contributed by atoms with Crippen LogP contribution in [0.4, 0.5) is 11.4 Å². The van der Waals surface area contributed by atoms with Crippen LogP contribution in [0.5, 0.6) is 0 Å². The normalized spacial score (nSPS) is 12.7. The first-order valence-corrected chi connectivity index (χ1v) is 21.8. The molecule has 0 amide bonds. The number of hydrogen-bond donors (Lipinski definition) is 1. The van der Waals surface area contributed by atoms with Crippen molar-refractivity contribution >= 4 is 44.1 Å². The highest BCUT2D eigenvalue weighted by molar-refractivity contribution is 6.06. The number of nitrogens with one attached hydrogen (secondary N) is 1. The maximum Gasteiger partial charge on any atom is 0.135 e. The van der Waals surface area contributed by atoms with E-state index < -0.39 is 0 Å². The van der Waals surface area contributed by atoms with Gasteiger partial charge in [-0.1, -0.05) is 172 Å². The largest absolute Gasteiger partial charge is 0.456 e. The minimum atomic E-state index is -0.171. The zero-order valence-corrected chi connectivity index (χ0v) is 35.2. The van der Waals surface area contributed by atoms with Gasteiger partial charge in [0.1, 0.15) is 11.2 Å². The molecule has 1 aliphatic carbocycles. The van der Waals surface area contributed by atoms with E-state index in [-0.39, 0.29) is 5.41 Å². The Kier molecular flexibility index (Phi) is 8.55. The van der Waals surface area contributed by atoms with E-state index in [1.165, 1.54) is 66.4 Å². The molecule has 2 heteroatoms. The Morgan fingerprint density at radius 2 is 0.937 bits per heavy atom. The molecule has 298 valence electrons. The Hall–Kier alpha value is -7.94. The van der Waals surface area contributed by atoms with Gasteiger partial charge in [0.15, 0.2) is 0 Å². The van der Waals surface area contributed by atoms with Crippen LogP contribution in [-0.4, -0.2) is 0 Å². The first-order valence-electron chi connectivity index (χ1n) is 21.8. The fourth-order valence-corrected chi connectivity index (χ4v) is 9.95. The fraction of sp³-hybridized carbons (Fsp3) is 0.0492. The summed E-state index contributed by atoms with van der Waals surface area (Å²) in [6.07, 6.45) is 0. The van der Waals surface area contributed by atoms with Gasteiger partial charge in [-0.2, -0.15) is 0 Å². The monoisotopic (exact) mass is 805 g/mol. The summed E-state index contributed by atoms with van der Waals surface area (Å²) in [5.74, 6) is 0. The zero-order valence-electron chi connectivity index (χ0n) is 35.2. The van der Waals surface area contributed by atoms with Gasteiger partial charge >= 0.3 is 0 Å². The van der Waals surface area contributed by atoms with Crippen molar-refractivity contribution in [2.75, 3.05) is 5.32 Å². The average Bonchev–Trinajstić information content (AvgIpc) is 3.82. The van der Waals surface area contributed by atoms with E-state index in [0.29, 0.717) is 0 Å². The quantitative estimate of drug-likeness (QED) is 0.174. The highest BCUT2D eigenvalue weighted by Gasteiger charge is 2.36. The molecule has 11 aromatic rings. The Morgan fingerprint density at radius 3 is 1.83 bits per heavy atom. The van der Waals surface area contributed by atoms with E-state index in [1.54, 1.807) is 0 Å². The molecule has 10 aromatic carbocycles. The first kappa shape index (κ1) is 36.9. The molecular formula is C61H43NO. The van der Waals surface area contributed by atoms with E-state index in [2.05, 4.69) is 225 Å². The summed E-state index contributed by atoms with van der Waals surface area (Å²) >= 11 is 0.